The minimum atomic E-state index is -0.420. The lowest BCUT2D eigenvalue weighted by Crippen LogP contribution is -2.35. The van der Waals surface area contributed by atoms with E-state index in [0.29, 0.717) is 47.4 Å². The van der Waals surface area contributed by atoms with Crippen molar-refractivity contribution in [3.8, 4) is 11.5 Å². The van der Waals surface area contributed by atoms with Crippen molar-refractivity contribution in [1.82, 2.24) is 20.1 Å². The Labute approximate surface area is 206 Å². The lowest BCUT2D eigenvalue weighted by Gasteiger charge is -2.38. The average Bonchev–Trinajstić information content (AvgIpc) is 3.30. The van der Waals surface area contributed by atoms with E-state index >= 15 is 0 Å². The van der Waals surface area contributed by atoms with Gasteiger partial charge in [-0.15, -0.1) is 10.2 Å². The zero-order valence-corrected chi connectivity index (χ0v) is 20.8. The van der Waals surface area contributed by atoms with E-state index < -0.39 is 4.92 Å². The van der Waals surface area contributed by atoms with Crippen LogP contribution in [0.5, 0.6) is 0 Å². The second-order valence-electron chi connectivity index (χ2n) is 9.98. The Hall–Kier alpha value is -3.39. The van der Waals surface area contributed by atoms with Crippen LogP contribution in [0.4, 0.5) is 5.69 Å². The number of nitro groups is 1. The first-order chi connectivity index (χ1) is 16.8. The molecular weight excluding hydrogens is 442 g/mol. The second-order valence-corrected chi connectivity index (χ2v) is 9.98. The van der Waals surface area contributed by atoms with Crippen LogP contribution < -0.4 is 0 Å². The lowest BCUT2D eigenvalue weighted by molar-refractivity contribution is -0.384. The average molecular weight is 476 g/mol. The van der Waals surface area contributed by atoms with E-state index in [0.717, 1.165) is 19.5 Å². The van der Waals surface area contributed by atoms with Crippen molar-refractivity contribution < 1.29 is 9.34 Å². The normalized spacial score (nSPS) is 20.3. The van der Waals surface area contributed by atoms with E-state index in [1.807, 2.05) is 18.5 Å². The molecule has 8 heteroatoms. The van der Waals surface area contributed by atoms with Gasteiger partial charge in [-0.25, -0.2) is 0 Å². The van der Waals surface area contributed by atoms with E-state index in [4.69, 9.17) is 4.42 Å². The fourth-order valence-electron chi connectivity index (χ4n) is 5.10. The van der Waals surface area contributed by atoms with Crippen LogP contribution in [-0.2, 0) is 13.0 Å². The van der Waals surface area contributed by atoms with E-state index in [1.165, 1.54) is 23.3 Å². The molecule has 0 radical (unpaired) electrons. The van der Waals surface area contributed by atoms with Crippen LogP contribution >= 0.6 is 0 Å². The highest BCUT2D eigenvalue weighted by molar-refractivity contribution is 5.55. The molecule has 3 aromatic rings. The largest absolute Gasteiger partial charge is 0.421 e. The molecule has 8 nitrogen and oxygen atoms in total. The molecule has 0 fully saturated rings. The number of nitro benzene ring substituents is 1. The standard InChI is InChI=1S/C27H33N5O3/c1-18(2)25-13-22(19(3)12-23(25)17-31(4)16-20-6-5-11-28-15-20)14-26-29-30-27(35-26)21-7-9-24(10-8-21)32(33)34/h5-12,15,18,22-23,25H,13-14,16-17H2,1-4H3/t22-,23-,25-/m0/s1. The summed E-state index contributed by atoms with van der Waals surface area (Å²) in [7, 11) is 2.18. The summed E-state index contributed by atoms with van der Waals surface area (Å²) >= 11 is 0. The molecule has 184 valence electrons. The van der Waals surface area contributed by atoms with Crippen molar-refractivity contribution >= 4 is 5.69 Å². The van der Waals surface area contributed by atoms with Crippen LogP contribution in [0.1, 0.15) is 38.6 Å². The summed E-state index contributed by atoms with van der Waals surface area (Å²) in [5.41, 5.74) is 3.32. The number of allylic oxidation sites excluding steroid dienone is 1. The molecule has 4 rings (SSSR count). The smallest absolute Gasteiger partial charge is 0.269 e. The number of non-ortho nitro benzene ring substituents is 1. The van der Waals surface area contributed by atoms with Crippen molar-refractivity contribution in [1.29, 1.82) is 0 Å². The van der Waals surface area contributed by atoms with Crippen LogP contribution in [0.25, 0.3) is 11.5 Å². The topological polar surface area (TPSA) is 98.2 Å². The van der Waals surface area contributed by atoms with Gasteiger partial charge in [-0.3, -0.25) is 15.1 Å². The van der Waals surface area contributed by atoms with Crippen molar-refractivity contribution in [3.63, 3.8) is 0 Å². The third kappa shape index (κ3) is 6.19. The van der Waals surface area contributed by atoms with Gasteiger partial charge in [0.25, 0.3) is 5.69 Å². The van der Waals surface area contributed by atoms with Crippen LogP contribution in [0.15, 0.2) is 64.9 Å². The predicted molar refractivity (Wildman–Crippen MR) is 134 cm³/mol. The summed E-state index contributed by atoms with van der Waals surface area (Å²) < 4.78 is 5.94. The van der Waals surface area contributed by atoms with Crippen LogP contribution in [0.3, 0.4) is 0 Å². The minimum Gasteiger partial charge on any atom is -0.421 e. The van der Waals surface area contributed by atoms with Crippen LogP contribution in [-0.4, -0.2) is 38.6 Å². The summed E-state index contributed by atoms with van der Waals surface area (Å²) in [5, 5.41) is 19.3. The molecule has 0 aliphatic heterocycles. The van der Waals surface area contributed by atoms with Crippen LogP contribution in [0, 0.1) is 33.8 Å². The van der Waals surface area contributed by atoms with Gasteiger partial charge >= 0.3 is 0 Å². The summed E-state index contributed by atoms with van der Waals surface area (Å²) in [6, 6.07) is 10.3. The molecule has 35 heavy (non-hydrogen) atoms. The quantitative estimate of drug-likeness (QED) is 0.227. The number of hydrogen-bond donors (Lipinski definition) is 0. The summed E-state index contributed by atoms with van der Waals surface area (Å²) in [5.74, 6) is 2.97. The van der Waals surface area contributed by atoms with E-state index in [-0.39, 0.29) is 5.69 Å². The van der Waals surface area contributed by atoms with Crippen LogP contribution in [0.2, 0.25) is 0 Å². The molecule has 1 aliphatic carbocycles. The first-order valence-corrected chi connectivity index (χ1v) is 12.1. The lowest BCUT2D eigenvalue weighted by atomic mass is 9.69. The Bertz CT molecular complexity index is 1160. The molecule has 2 heterocycles. The Morgan fingerprint density at radius 1 is 1.20 bits per heavy atom. The van der Waals surface area contributed by atoms with E-state index in [9.17, 15) is 10.1 Å². The molecular formula is C27H33N5O3. The van der Waals surface area contributed by atoms with E-state index in [2.05, 4.69) is 60.0 Å². The summed E-state index contributed by atoms with van der Waals surface area (Å²) in [4.78, 5) is 17.1. The SMILES string of the molecule is CC1=C[C@@H](CN(C)Cc2cccnc2)[C@H](C(C)C)C[C@H]1Cc1nnc(-c2ccc([N+](=O)[O-])cc2)o1. The fraction of sp³-hybridized carbons (Fsp3) is 0.444. The first-order valence-electron chi connectivity index (χ1n) is 12.1. The number of aromatic nitrogens is 3. The molecule has 1 aliphatic rings. The Balaban J connectivity index is 1.43. The molecule has 3 atom stereocenters. The van der Waals surface area contributed by atoms with Gasteiger partial charge in [-0.1, -0.05) is 31.6 Å². The molecule has 0 amide bonds. The summed E-state index contributed by atoms with van der Waals surface area (Å²) in [6.45, 7) is 8.72. The molecule has 2 aromatic heterocycles. The molecule has 0 saturated heterocycles. The molecule has 0 saturated carbocycles. The highest BCUT2D eigenvalue weighted by Crippen LogP contribution is 2.39. The Kier molecular flexibility index (Phi) is 7.70. The number of pyridine rings is 1. The zero-order chi connectivity index (χ0) is 24.9. The van der Waals surface area contributed by atoms with Gasteiger partial charge in [0.05, 0.1) is 4.92 Å². The van der Waals surface area contributed by atoms with Gasteiger partial charge in [0, 0.05) is 49.6 Å². The third-order valence-electron chi connectivity index (χ3n) is 6.99. The molecule has 1 aromatic carbocycles. The molecule has 0 unspecified atom stereocenters. The van der Waals surface area contributed by atoms with Crippen molar-refractivity contribution in [2.24, 2.45) is 23.7 Å². The maximum atomic E-state index is 10.9. The Morgan fingerprint density at radius 2 is 1.97 bits per heavy atom. The monoisotopic (exact) mass is 475 g/mol. The number of hydrogen-bond acceptors (Lipinski definition) is 7. The van der Waals surface area contributed by atoms with Gasteiger partial charge in [-0.05, 0) is 67.8 Å². The van der Waals surface area contributed by atoms with Gasteiger partial charge in [0.1, 0.15) is 0 Å². The van der Waals surface area contributed by atoms with Crippen molar-refractivity contribution in [3.05, 3.63) is 82.0 Å². The fourth-order valence-corrected chi connectivity index (χ4v) is 5.10. The number of nitrogens with zero attached hydrogens (tertiary/aromatic N) is 5. The predicted octanol–water partition coefficient (Wildman–Crippen LogP) is 5.57. The maximum Gasteiger partial charge on any atom is 0.269 e. The number of benzene rings is 1. The van der Waals surface area contributed by atoms with Gasteiger partial charge < -0.3 is 9.32 Å². The highest BCUT2D eigenvalue weighted by Gasteiger charge is 2.33. The van der Waals surface area contributed by atoms with Crippen molar-refractivity contribution in [2.75, 3.05) is 13.6 Å². The number of rotatable bonds is 9. The van der Waals surface area contributed by atoms with Gasteiger partial charge in [-0.2, -0.15) is 0 Å². The van der Waals surface area contributed by atoms with Gasteiger partial charge in [0.15, 0.2) is 0 Å². The molecule has 0 spiro atoms. The van der Waals surface area contributed by atoms with E-state index in [1.54, 1.807) is 12.1 Å². The summed E-state index contributed by atoms with van der Waals surface area (Å²) in [6.07, 6.45) is 7.98. The Morgan fingerprint density at radius 3 is 2.63 bits per heavy atom. The third-order valence-corrected chi connectivity index (χ3v) is 6.99. The minimum absolute atomic E-state index is 0.0387. The maximum absolute atomic E-state index is 10.9. The molecule has 0 bridgehead atoms. The zero-order valence-electron chi connectivity index (χ0n) is 20.8. The van der Waals surface area contributed by atoms with Crippen molar-refractivity contribution in [2.45, 2.75) is 40.2 Å². The molecule has 0 N–H and O–H groups in total. The highest BCUT2D eigenvalue weighted by atomic mass is 16.6. The van der Waals surface area contributed by atoms with Gasteiger partial charge in [0.2, 0.25) is 11.8 Å². The second kappa shape index (κ2) is 10.9. The first kappa shape index (κ1) is 24.7.